The Morgan fingerprint density at radius 1 is 0.818 bits per heavy atom. The number of rotatable bonds is 0. The molecule has 0 atom stereocenters. The van der Waals surface area contributed by atoms with E-state index in [2.05, 4.69) is 12.1 Å². The van der Waals surface area contributed by atoms with Crippen molar-refractivity contribution in [1.82, 2.24) is 0 Å². The fourth-order valence-corrected chi connectivity index (χ4v) is 1.47. The van der Waals surface area contributed by atoms with Crippen molar-refractivity contribution in [2.24, 2.45) is 0 Å². The maximum absolute atomic E-state index is 5.30. The molecule has 1 heteroatoms. The molecule has 0 fully saturated rings. The second kappa shape index (κ2) is 2.69. The van der Waals surface area contributed by atoms with Crippen LogP contribution in [0.15, 0.2) is 42.5 Å². The first kappa shape index (κ1) is 6.90. The molecule has 0 heterocycles. The summed E-state index contributed by atoms with van der Waals surface area (Å²) in [6.07, 6.45) is 0. The van der Waals surface area contributed by atoms with Crippen LogP contribution < -0.4 is 4.46 Å². The molecule has 0 bridgehead atoms. The Hall–Kier alpha value is -0.781. The van der Waals surface area contributed by atoms with Gasteiger partial charge < -0.3 is 0 Å². The van der Waals surface area contributed by atoms with Gasteiger partial charge in [-0.15, -0.1) is 0 Å². The van der Waals surface area contributed by atoms with Crippen molar-refractivity contribution < 1.29 is 16.0 Å². The molecule has 2 aromatic rings. The number of hydrogen-bond donors (Lipinski definition) is 0. The average Bonchev–Trinajstić information content (AvgIpc) is 2.06. The van der Waals surface area contributed by atoms with E-state index >= 15 is 0 Å². The van der Waals surface area contributed by atoms with E-state index in [1.165, 1.54) is 5.39 Å². The van der Waals surface area contributed by atoms with Crippen molar-refractivity contribution in [3.8, 4) is 0 Å². The maximum atomic E-state index is 5.30. The summed E-state index contributed by atoms with van der Waals surface area (Å²) in [7, 11) is 0. The molecule has 0 saturated carbocycles. The SMILES string of the molecule is [Cu][c]1cccc2ccccc12. The number of fused-ring (bicyclic) bond motifs is 1. The molecule has 0 amide bonds. The molecule has 0 saturated heterocycles. The van der Waals surface area contributed by atoms with Gasteiger partial charge in [-0.2, -0.15) is 0 Å². The molecule has 0 aliphatic carbocycles. The van der Waals surface area contributed by atoms with E-state index in [1.54, 1.807) is 0 Å². The van der Waals surface area contributed by atoms with Crippen LogP contribution in [0.4, 0.5) is 0 Å². The zero-order valence-corrected chi connectivity index (χ0v) is 6.78. The molecular weight excluding hydrogens is 184 g/mol. The molecule has 0 N–H and O–H groups in total. The first-order valence-electron chi connectivity index (χ1n) is 3.47. The minimum atomic E-state index is 0.913. The van der Waals surface area contributed by atoms with Gasteiger partial charge in [0, 0.05) is 0 Å². The molecule has 0 aromatic heterocycles. The molecule has 2 rings (SSSR count). The summed E-state index contributed by atoms with van der Waals surface area (Å²) in [6, 6.07) is 14.2. The first-order valence-corrected chi connectivity index (χ1v) is 3.94. The topological polar surface area (TPSA) is 0 Å². The standard InChI is InChI=1S/C10H7.Cu/c1-2-6-10-8-4-3-7-9(10)5-1;/h1-7H;. The summed E-state index contributed by atoms with van der Waals surface area (Å²) in [5, 5.41) is 2.38. The Kier molecular flexibility index (Phi) is 1.69. The fraction of sp³-hybridized carbons (Fsp3) is 0. The van der Waals surface area contributed by atoms with Crippen LogP contribution in [-0.4, -0.2) is 0 Å². The molecule has 0 radical (unpaired) electrons. The molecule has 0 unspecified atom stereocenters. The Labute approximate surface area is 74.0 Å². The van der Waals surface area contributed by atoms with Crippen LogP contribution in [0, 0.1) is 0 Å². The molecule has 0 aliphatic rings. The molecule has 2 aromatic carbocycles. The van der Waals surface area contributed by atoms with E-state index < -0.39 is 0 Å². The van der Waals surface area contributed by atoms with Crippen molar-refractivity contribution in [2.75, 3.05) is 0 Å². The van der Waals surface area contributed by atoms with Crippen LogP contribution in [0.5, 0.6) is 0 Å². The first-order chi connectivity index (χ1) is 5.38. The zero-order chi connectivity index (χ0) is 7.68. The van der Waals surface area contributed by atoms with E-state index in [1.807, 2.05) is 30.3 Å². The van der Waals surface area contributed by atoms with Crippen molar-refractivity contribution >= 4 is 15.2 Å². The van der Waals surface area contributed by atoms with Gasteiger partial charge >= 0.3 is 73.7 Å². The number of benzene rings is 2. The van der Waals surface area contributed by atoms with Gasteiger partial charge in [0.25, 0.3) is 0 Å². The van der Waals surface area contributed by atoms with Crippen molar-refractivity contribution in [3.05, 3.63) is 42.5 Å². The Bertz CT molecular complexity index is 374. The summed E-state index contributed by atoms with van der Waals surface area (Å²) in [5.41, 5.74) is 0. The van der Waals surface area contributed by atoms with Gasteiger partial charge in [0.1, 0.15) is 0 Å². The summed E-state index contributed by atoms with van der Waals surface area (Å²) >= 11 is 5.30. The van der Waals surface area contributed by atoms with Crippen molar-refractivity contribution in [3.63, 3.8) is 0 Å². The Balaban J connectivity index is 2.91. The third-order valence-corrected chi connectivity index (χ3v) is 2.11. The normalized spacial score (nSPS) is 10.4. The summed E-state index contributed by atoms with van der Waals surface area (Å²) in [6.45, 7) is 0. The average molecular weight is 191 g/mol. The van der Waals surface area contributed by atoms with Crippen molar-refractivity contribution in [1.29, 1.82) is 0 Å². The van der Waals surface area contributed by atoms with Gasteiger partial charge in [-0.25, -0.2) is 0 Å². The van der Waals surface area contributed by atoms with Gasteiger partial charge in [-0.05, 0) is 0 Å². The van der Waals surface area contributed by atoms with E-state index in [4.69, 9.17) is 16.0 Å². The second-order valence-corrected chi connectivity index (χ2v) is 2.93. The van der Waals surface area contributed by atoms with E-state index in [0.29, 0.717) is 0 Å². The van der Waals surface area contributed by atoms with E-state index in [9.17, 15) is 0 Å². The Morgan fingerprint density at radius 2 is 1.55 bits per heavy atom. The quantitative estimate of drug-likeness (QED) is 0.558. The molecule has 0 spiro atoms. The molecule has 0 aliphatic heterocycles. The van der Waals surface area contributed by atoms with Gasteiger partial charge in [0.2, 0.25) is 0 Å². The molecular formula is C10H7Cu. The summed E-state index contributed by atoms with van der Waals surface area (Å²) in [5.74, 6) is 0. The van der Waals surface area contributed by atoms with Gasteiger partial charge in [-0.1, -0.05) is 0 Å². The van der Waals surface area contributed by atoms with Crippen LogP contribution in [0.1, 0.15) is 0 Å². The minimum absolute atomic E-state index is 0.913. The van der Waals surface area contributed by atoms with E-state index in [0.717, 1.165) is 9.85 Å². The predicted octanol–water partition coefficient (Wildman–Crippen LogP) is 2.01. The van der Waals surface area contributed by atoms with Crippen LogP contribution in [0.2, 0.25) is 0 Å². The monoisotopic (exact) mass is 190 g/mol. The third-order valence-electron chi connectivity index (χ3n) is 1.70. The second-order valence-electron chi connectivity index (χ2n) is 2.42. The third kappa shape index (κ3) is 1.18. The molecule has 0 nitrogen and oxygen atoms in total. The Morgan fingerprint density at radius 3 is 2.36 bits per heavy atom. The van der Waals surface area contributed by atoms with Crippen LogP contribution in [0.3, 0.4) is 0 Å². The van der Waals surface area contributed by atoms with Crippen LogP contribution >= 0.6 is 0 Å². The van der Waals surface area contributed by atoms with E-state index in [-0.39, 0.29) is 0 Å². The van der Waals surface area contributed by atoms with Crippen LogP contribution in [-0.2, 0) is 16.0 Å². The van der Waals surface area contributed by atoms with Crippen molar-refractivity contribution in [2.45, 2.75) is 0 Å². The predicted molar refractivity (Wildman–Crippen MR) is 43.6 cm³/mol. The van der Waals surface area contributed by atoms with Gasteiger partial charge in [0.15, 0.2) is 0 Å². The zero-order valence-electron chi connectivity index (χ0n) is 5.84. The molecule has 11 heavy (non-hydrogen) atoms. The summed E-state index contributed by atoms with van der Waals surface area (Å²) in [4.78, 5) is 0. The summed E-state index contributed by atoms with van der Waals surface area (Å²) < 4.78 is 0.913. The molecule has 58 valence electrons. The van der Waals surface area contributed by atoms with Gasteiger partial charge in [-0.3, -0.25) is 0 Å². The fourth-order valence-electron chi connectivity index (χ4n) is 1.16. The number of hydrogen-bond acceptors (Lipinski definition) is 0. The van der Waals surface area contributed by atoms with Gasteiger partial charge in [0.05, 0.1) is 0 Å². The van der Waals surface area contributed by atoms with Crippen LogP contribution in [0.25, 0.3) is 10.8 Å².